The first-order chi connectivity index (χ1) is 11.7. The molecule has 0 bridgehead atoms. The summed E-state index contributed by atoms with van der Waals surface area (Å²) in [6, 6.07) is 7.84. The summed E-state index contributed by atoms with van der Waals surface area (Å²) < 4.78 is 10.9. The van der Waals surface area contributed by atoms with Crippen LogP contribution in [0.3, 0.4) is 0 Å². The van der Waals surface area contributed by atoms with Gasteiger partial charge in [-0.1, -0.05) is 22.9 Å². The van der Waals surface area contributed by atoms with Crippen LogP contribution in [-0.2, 0) is 11.4 Å². The van der Waals surface area contributed by atoms with Gasteiger partial charge in [-0.25, -0.2) is 0 Å². The second-order valence-corrected chi connectivity index (χ2v) is 6.69. The highest BCUT2D eigenvalue weighted by Gasteiger charge is 2.38. The number of likely N-dealkylation sites (tertiary alicyclic amines) is 1. The molecule has 1 aromatic carbocycles. The van der Waals surface area contributed by atoms with Gasteiger partial charge in [0.25, 0.3) is 5.89 Å². The lowest BCUT2D eigenvalue weighted by Gasteiger charge is -2.14. The molecule has 2 heterocycles. The van der Waals surface area contributed by atoms with Crippen LogP contribution in [0.5, 0.6) is 5.75 Å². The maximum atomic E-state index is 12.1. The van der Waals surface area contributed by atoms with Gasteiger partial charge in [0.2, 0.25) is 5.91 Å². The van der Waals surface area contributed by atoms with Gasteiger partial charge >= 0.3 is 0 Å². The number of benzene rings is 1. The van der Waals surface area contributed by atoms with Crippen molar-refractivity contribution in [2.24, 2.45) is 5.92 Å². The van der Waals surface area contributed by atoms with E-state index < -0.39 is 0 Å². The average molecular weight is 327 g/mol. The van der Waals surface area contributed by atoms with Crippen LogP contribution in [0.4, 0.5) is 0 Å². The average Bonchev–Trinajstić information content (AvgIpc) is 3.14. The number of aromatic nitrogens is 2. The highest BCUT2D eigenvalue weighted by atomic mass is 16.5. The normalized spacial score (nSPS) is 20.4. The maximum Gasteiger partial charge on any atom is 0.264 e. The van der Waals surface area contributed by atoms with Gasteiger partial charge < -0.3 is 14.2 Å². The summed E-state index contributed by atoms with van der Waals surface area (Å²) in [6.45, 7) is 3.79. The number of ether oxygens (including phenoxy) is 1. The highest BCUT2D eigenvalue weighted by molar-refractivity contribution is 5.81. The zero-order chi connectivity index (χ0) is 16.5. The van der Waals surface area contributed by atoms with Crippen LogP contribution in [0.1, 0.15) is 42.5 Å². The minimum absolute atomic E-state index is 0.171. The molecule has 6 heteroatoms. The van der Waals surface area contributed by atoms with Crippen molar-refractivity contribution >= 4 is 5.91 Å². The molecular weight excluding hydrogens is 306 g/mol. The zero-order valence-corrected chi connectivity index (χ0v) is 13.8. The Labute approximate surface area is 140 Å². The van der Waals surface area contributed by atoms with Crippen molar-refractivity contribution in [2.45, 2.75) is 38.7 Å². The van der Waals surface area contributed by atoms with Crippen LogP contribution in [0.25, 0.3) is 0 Å². The maximum absolute atomic E-state index is 12.1. The summed E-state index contributed by atoms with van der Waals surface area (Å²) in [7, 11) is 0. The van der Waals surface area contributed by atoms with Crippen LogP contribution in [0.15, 0.2) is 28.8 Å². The fourth-order valence-corrected chi connectivity index (χ4v) is 3.03. The Bertz CT molecular complexity index is 721. The summed E-state index contributed by atoms with van der Waals surface area (Å²) in [6.07, 6.45) is 2.99. The van der Waals surface area contributed by atoms with Crippen LogP contribution in [0, 0.1) is 12.8 Å². The van der Waals surface area contributed by atoms with E-state index in [2.05, 4.69) is 10.1 Å². The molecule has 1 saturated carbocycles. The minimum atomic E-state index is 0.171. The molecule has 126 valence electrons. The molecule has 24 heavy (non-hydrogen) atoms. The molecule has 2 aliphatic rings. The molecule has 1 aliphatic carbocycles. The van der Waals surface area contributed by atoms with Gasteiger partial charge in [0, 0.05) is 24.9 Å². The third-order valence-corrected chi connectivity index (χ3v) is 4.66. The third-order valence-electron chi connectivity index (χ3n) is 4.66. The quantitative estimate of drug-likeness (QED) is 0.844. The minimum Gasteiger partial charge on any atom is -0.484 e. The molecule has 1 amide bonds. The standard InChI is InChI=1S/C18H21N3O3/c1-12-2-6-15(7-3-12)23-11-16-19-17(20-24-16)14-8-9-21(10-14)18(22)13-4-5-13/h2-3,6-7,13-14H,4-5,8-11H2,1H3. The Balaban J connectivity index is 1.33. The molecule has 0 N–H and O–H groups in total. The summed E-state index contributed by atoms with van der Waals surface area (Å²) in [5, 5.41) is 4.07. The lowest BCUT2D eigenvalue weighted by Crippen LogP contribution is -2.29. The van der Waals surface area contributed by atoms with Crippen LogP contribution in [-0.4, -0.2) is 34.0 Å². The van der Waals surface area contributed by atoms with E-state index in [1.807, 2.05) is 36.1 Å². The van der Waals surface area contributed by atoms with E-state index in [-0.39, 0.29) is 18.4 Å². The molecule has 1 aromatic heterocycles. The van der Waals surface area contributed by atoms with E-state index in [4.69, 9.17) is 9.26 Å². The SMILES string of the molecule is Cc1ccc(OCc2nc(C3CCN(C(=O)C4CC4)C3)no2)cc1. The lowest BCUT2D eigenvalue weighted by molar-refractivity contribution is -0.131. The number of nitrogens with zero attached hydrogens (tertiary/aromatic N) is 3. The Hall–Kier alpha value is -2.37. The topological polar surface area (TPSA) is 68.5 Å². The summed E-state index contributed by atoms with van der Waals surface area (Å²) in [5.74, 6) is 2.67. The number of hydrogen-bond acceptors (Lipinski definition) is 5. The first-order valence-corrected chi connectivity index (χ1v) is 8.50. The molecule has 2 aromatic rings. The molecule has 1 atom stereocenters. The summed E-state index contributed by atoms with van der Waals surface area (Å²) in [4.78, 5) is 18.5. The summed E-state index contributed by atoms with van der Waals surface area (Å²) >= 11 is 0. The number of carbonyl (C=O) groups excluding carboxylic acids is 1. The third kappa shape index (κ3) is 3.27. The van der Waals surface area contributed by atoms with E-state index in [1.54, 1.807) is 0 Å². The van der Waals surface area contributed by atoms with Crippen LogP contribution >= 0.6 is 0 Å². The second kappa shape index (κ2) is 6.26. The number of amides is 1. The van der Waals surface area contributed by atoms with Crippen molar-refractivity contribution in [2.75, 3.05) is 13.1 Å². The van der Waals surface area contributed by atoms with Crippen molar-refractivity contribution in [1.29, 1.82) is 0 Å². The molecule has 1 unspecified atom stereocenters. The van der Waals surface area contributed by atoms with Gasteiger partial charge in [-0.15, -0.1) is 0 Å². The predicted molar refractivity (Wildman–Crippen MR) is 86.5 cm³/mol. The van der Waals surface area contributed by atoms with E-state index in [0.717, 1.165) is 31.6 Å². The van der Waals surface area contributed by atoms with Crippen LogP contribution in [0.2, 0.25) is 0 Å². The Morgan fingerprint density at radius 3 is 2.83 bits per heavy atom. The molecule has 6 nitrogen and oxygen atoms in total. The summed E-state index contributed by atoms with van der Waals surface area (Å²) in [5.41, 5.74) is 1.19. The van der Waals surface area contributed by atoms with Crippen molar-refractivity contribution in [3.63, 3.8) is 0 Å². The molecule has 0 radical (unpaired) electrons. The number of aryl methyl sites for hydroxylation is 1. The van der Waals surface area contributed by atoms with E-state index in [1.165, 1.54) is 5.56 Å². The monoisotopic (exact) mass is 327 g/mol. The second-order valence-electron chi connectivity index (χ2n) is 6.69. The first kappa shape index (κ1) is 15.2. The molecule has 1 saturated heterocycles. The number of hydrogen-bond donors (Lipinski definition) is 0. The van der Waals surface area contributed by atoms with Gasteiger partial charge in [-0.3, -0.25) is 4.79 Å². The van der Waals surface area contributed by atoms with E-state index in [9.17, 15) is 4.79 Å². The largest absolute Gasteiger partial charge is 0.484 e. The van der Waals surface area contributed by atoms with Crippen molar-refractivity contribution in [3.8, 4) is 5.75 Å². The van der Waals surface area contributed by atoms with Gasteiger partial charge in [0.1, 0.15) is 5.75 Å². The Morgan fingerprint density at radius 1 is 1.29 bits per heavy atom. The van der Waals surface area contributed by atoms with Crippen molar-refractivity contribution < 1.29 is 14.1 Å². The fraction of sp³-hybridized carbons (Fsp3) is 0.500. The van der Waals surface area contributed by atoms with Gasteiger partial charge in [-0.05, 0) is 38.3 Å². The van der Waals surface area contributed by atoms with E-state index >= 15 is 0 Å². The van der Waals surface area contributed by atoms with Gasteiger partial charge in [0.05, 0.1) is 0 Å². The Morgan fingerprint density at radius 2 is 2.08 bits per heavy atom. The zero-order valence-electron chi connectivity index (χ0n) is 13.8. The van der Waals surface area contributed by atoms with Gasteiger partial charge in [0.15, 0.2) is 12.4 Å². The lowest BCUT2D eigenvalue weighted by atomic mass is 10.1. The highest BCUT2D eigenvalue weighted by Crippen LogP contribution is 2.34. The van der Waals surface area contributed by atoms with Crippen LogP contribution < -0.4 is 4.74 Å². The predicted octanol–water partition coefficient (Wildman–Crippen LogP) is 2.68. The smallest absolute Gasteiger partial charge is 0.264 e. The molecule has 1 aliphatic heterocycles. The van der Waals surface area contributed by atoms with Gasteiger partial charge in [-0.2, -0.15) is 4.98 Å². The molecular formula is C18H21N3O3. The van der Waals surface area contributed by atoms with Crippen molar-refractivity contribution in [3.05, 3.63) is 41.5 Å². The fourth-order valence-electron chi connectivity index (χ4n) is 3.03. The first-order valence-electron chi connectivity index (χ1n) is 8.50. The molecule has 0 spiro atoms. The Kier molecular flexibility index (Phi) is 3.96. The number of carbonyl (C=O) groups is 1. The van der Waals surface area contributed by atoms with E-state index in [0.29, 0.717) is 24.2 Å². The number of rotatable bonds is 5. The van der Waals surface area contributed by atoms with Crippen molar-refractivity contribution in [1.82, 2.24) is 15.0 Å². The molecule has 2 fully saturated rings. The molecule has 4 rings (SSSR count).